The van der Waals surface area contributed by atoms with Gasteiger partial charge in [-0.15, -0.1) is 0 Å². The fraction of sp³-hybridized carbons (Fsp3) is 0.609. The molecule has 0 bridgehead atoms. The van der Waals surface area contributed by atoms with Crippen molar-refractivity contribution in [2.45, 2.75) is 38.8 Å². The van der Waals surface area contributed by atoms with Crippen molar-refractivity contribution in [2.75, 3.05) is 58.0 Å². The predicted molar refractivity (Wildman–Crippen MR) is 118 cm³/mol. The van der Waals surface area contributed by atoms with E-state index in [2.05, 4.69) is 27.1 Å². The minimum atomic E-state index is -0.539. The number of nitrogens with zero attached hydrogens (tertiary/aromatic N) is 3. The lowest BCUT2D eigenvalue weighted by Gasteiger charge is -2.26. The largest absolute Gasteiger partial charge is 0.389 e. The average molecular weight is 418 g/mol. The van der Waals surface area contributed by atoms with Gasteiger partial charge in [-0.05, 0) is 26.2 Å². The molecule has 2 heterocycles. The molecular formula is C23H35N3O4. The van der Waals surface area contributed by atoms with Crippen molar-refractivity contribution >= 4 is 5.88 Å². The monoisotopic (exact) mass is 417 g/mol. The number of rotatable bonds is 13. The molecule has 1 fully saturated rings. The lowest BCUT2D eigenvalue weighted by molar-refractivity contribution is 0.0181. The molecule has 30 heavy (non-hydrogen) atoms. The van der Waals surface area contributed by atoms with E-state index in [0.29, 0.717) is 32.9 Å². The zero-order valence-corrected chi connectivity index (χ0v) is 18.3. The van der Waals surface area contributed by atoms with Gasteiger partial charge in [-0.3, -0.25) is 4.90 Å². The van der Waals surface area contributed by atoms with E-state index in [1.807, 2.05) is 25.1 Å². The van der Waals surface area contributed by atoms with E-state index in [-0.39, 0.29) is 0 Å². The van der Waals surface area contributed by atoms with E-state index in [0.717, 1.165) is 48.8 Å². The van der Waals surface area contributed by atoms with Gasteiger partial charge in [0.15, 0.2) is 0 Å². The number of hydrogen-bond acceptors (Lipinski definition) is 7. The van der Waals surface area contributed by atoms with E-state index in [1.165, 1.54) is 12.8 Å². The summed E-state index contributed by atoms with van der Waals surface area (Å²) in [4.78, 5) is 4.54. The lowest BCUT2D eigenvalue weighted by atomic mass is 10.1. The first kappa shape index (κ1) is 22.7. The van der Waals surface area contributed by atoms with Crippen molar-refractivity contribution in [1.29, 1.82) is 0 Å². The molecule has 2 aromatic rings. The third-order valence-corrected chi connectivity index (χ3v) is 5.40. The second kappa shape index (κ2) is 12.1. The zero-order valence-electron chi connectivity index (χ0n) is 18.3. The van der Waals surface area contributed by atoms with Crippen LogP contribution in [0.5, 0.6) is 0 Å². The van der Waals surface area contributed by atoms with Gasteiger partial charge in [0.25, 0.3) is 0 Å². The standard InChI is InChI=1S/C23H35N3O4/c1-3-29-18-20(27)16-25(12-9-15-28-2)17-21-22(19-10-5-4-6-11-19)24-30-23(21)26-13-7-8-14-26/h4-6,10-11,20,27H,3,7-9,12-18H2,1-2H3/t20-/m1/s1. The molecule has 0 aliphatic carbocycles. The molecule has 0 amide bonds. The highest BCUT2D eigenvalue weighted by molar-refractivity contribution is 5.68. The van der Waals surface area contributed by atoms with Crippen molar-refractivity contribution in [3.8, 4) is 11.3 Å². The smallest absolute Gasteiger partial charge is 0.232 e. The Morgan fingerprint density at radius 1 is 1.23 bits per heavy atom. The SMILES string of the molecule is CCOC[C@H](O)CN(CCCOC)Cc1c(-c2ccccc2)noc1N1CCCC1. The summed E-state index contributed by atoms with van der Waals surface area (Å²) in [5.74, 6) is 0.863. The van der Waals surface area contributed by atoms with Gasteiger partial charge < -0.3 is 24.0 Å². The van der Waals surface area contributed by atoms with E-state index in [1.54, 1.807) is 7.11 Å². The average Bonchev–Trinajstić information content (AvgIpc) is 3.43. The van der Waals surface area contributed by atoms with Crippen LogP contribution in [-0.4, -0.2) is 74.4 Å². The highest BCUT2D eigenvalue weighted by Gasteiger charge is 2.26. The van der Waals surface area contributed by atoms with Gasteiger partial charge in [0.2, 0.25) is 5.88 Å². The summed E-state index contributed by atoms with van der Waals surface area (Å²) in [6.07, 6.45) is 2.70. The zero-order chi connectivity index (χ0) is 21.2. The van der Waals surface area contributed by atoms with Crippen molar-refractivity contribution in [1.82, 2.24) is 10.1 Å². The lowest BCUT2D eigenvalue weighted by Crippen LogP contribution is -2.36. The number of aliphatic hydroxyl groups is 1. The molecular weight excluding hydrogens is 382 g/mol. The van der Waals surface area contributed by atoms with Crippen LogP contribution in [0.2, 0.25) is 0 Å². The minimum absolute atomic E-state index is 0.339. The number of methoxy groups -OCH3 is 1. The Labute approximate surface area is 179 Å². The first-order valence-electron chi connectivity index (χ1n) is 11.0. The van der Waals surface area contributed by atoms with Crippen molar-refractivity contribution in [3.63, 3.8) is 0 Å². The number of hydrogen-bond donors (Lipinski definition) is 1. The number of ether oxygens (including phenoxy) is 2. The third-order valence-electron chi connectivity index (χ3n) is 5.40. The second-order valence-corrected chi connectivity index (χ2v) is 7.77. The van der Waals surface area contributed by atoms with Gasteiger partial charge in [-0.25, -0.2) is 0 Å². The van der Waals surface area contributed by atoms with Crippen LogP contribution in [0.3, 0.4) is 0 Å². The summed E-state index contributed by atoms with van der Waals surface area (Å²) in [7, 11) is 1.72. The van der Waals surface area contributed by atoms with E-state index >= 15 is 0 Å². The van der Waals surface area contributed by atoms with Gasteiger partial charge in [0.1, 0.15) is 5.69 Å². The van der Waals surface area contributed by atoms with Crippen LogP contribution >= 0.6 is 0 Å². The van der Waals surface area contributed by atoms with E-state index < -0.39 is 6.10 Å². The van der Waals surface area contributed by atoms with Crippen molar-refractivity contribution < 1.29 is 19.1 Å². The Morgan fingerprint density at radius 2 is 2.00 bits per heavy atom. The summed E-state index contributed by atoms with van der Waals surface area (Å²) >= 11 is 0. The Kier molecular flexibility index (Phi) is 9.14. The molecule has 0 saturated carbocycles. The molecule has 1 aliphatic rings. The van der Waals surface area contributed by atoms with Gasteiger partial charge >= 0.3 is 0 Å². The van der Waals surface area contributed by atoms with Gasteiger partial charge in [0.05, 0.1) is 18.3 Å². The summed E-state index contributed by atoms with van der Waals surface area (Å²) in [6.45, 7) is 7.56. The molecule has 1 saturated heterocycles. The molecule has 1 aromatic heterocycles. The molecule has 3 rings (SSSR count). The number of aromatic nitrogens is 1. The normalized spacial score (nSPS) is 15.3. The van der Waals surface area contributed by atoms with Crippen LogP contribution in [0.4, 0.5) is 5.88 Å². The molecule has 1 atom stereocenters. The maximum atomic E-state index is 10.5. The van der Waals surface area contributed by atoms with Crippen LogP contribution in [0.25, 0.3) is 11.3 Å². The quantitative estimate of drug-likeness (QED) is 0.502. The van der Waals surface area contributed by atoms with Crippen LogP contribution in [0.1, 0.15) is 31.7 Å². The van der Waals surface area contributed by atoms with Crippen LogP contribution < -0.4 is 4.90 Å². The Balaban J connectivity index is 1.84. The number of anilines is 1. The van der Waals surface area contributed by atoms with Crippen LogP contribution in [-0.2, 0) is 16.0 Å². The Morgan fingerprint density at radius 3 is 2.70 bits per heavy atom. The molecule has 1 aliphatic heterocycles. The molecule has 7 nitrogen and oxygen atoms in total. The van der Waals surface area contributed by atoms with E-state index in [4.69, 9.17) is 14.0 Å². The highest BCUT2D eigenvalue weighted by atomic mass is 16.5. The highest BCUT2D eigenvalue weighted by Crippen LogP contribution is 2.34. The molecule has 0 radical (unpaired) electrons. The van der Waals surface area contributed by atoms with Crippen LogP contribution in [0.15, 0.2) is 34.9 Å². The number of aliphatic hydroxyl groups excluding tert-OH is 1. The first-order valence-corrected chi connectivity index (χ1v) is 11.0. The first-order chi connectivity index (χ1) is 14.7. The summed E-state index contributed by atoms with van der Waals surface area (Å²) in [6, 6.07) is 10.2. The molecule has 0 spiro atoms. The predicted octanol–water partition coefficient (Wildman–Crippen LogP) is 3.18. The maximum absolute atomic E-state index is 10.5. The van der Waals surface area contributed by atoms with Gasteiger partial charge in [0, 0.05) is 58.6 Å². The molecule has 166 valence electrons. The molecule has 1 aromatic carbocycles. The van der Waals surface area contributed by atoms with Gasteiger partial charge in [-0.2, -0.15) is 0 Å². The number of benzene rings is 1. The Bertz CT molecular complexity index is 731. The molecule has 1 N–H and O–H groups in total. The summed E-state index contributed by atoms with van der Waals surface area (Å²) in [5.41, 5.74) is 3.02. The minimum Gasteiger partial charge on any atom is -0.389 e. The summed E-state index contributed by atoms with van der Waals surface area (Å²) in [5, 5.41) is 14.9. The molecule has 7 heteroatoms. The van der Waals surface area contributed by atoms with Crippen molar-refractivity contribution in [2.24, 2.45) is 0 Å². The van der Waals surface area contributed by atoms with Gasteiger partial charge in [-0.1, -0.05) is 35.5 Å². The fourth-order valence-corrected chi connectivity index (χ4v) is 3.93. The Hall–Kier alpha value is -1.93. The fourth-order valence-electron chi connectivity index (χ4n) is 3.93. The third kappa shape index (κ3) is 6.28. The second-order valence-electron chi connectivity index (χ2n) is 7.77. The van der Waals surface area contributed by atoms with E-state index in [9.17, 15) is 5.11 Å². The summed E-state index contributed by atoms with van der Waals surface area (Å²) < 4.78 is 16.5. The topological polar surface area (TPSA) is 71.2 Å². The van der Waals surface area contributed by atoms with Crippen LogP contribution in [0, 0.1) is 0 Å². The molecule has 0 unspecified atom stereocenters. The van der Waals surface area contributed by atoms with Crippen molar-refractivity contribution in [3.05, 3.63) is 35.9 Å². The maximum Gasteiger partial charge on any atom is 0.232 e.